The van der Waals surface area contributed by atoms with Crippen LogP contribution in [0, 0.1) is 19.8 Å². The lowest BCUT2D eigenvalue weighted by Gasteiger charge is -2.25. The lowest BCUT2D eigenvalue weighted by atomic mass is 9.89. The third-order valence-electron chi connectivity index (χ3n) is 4.74. The van der Waals surface area contributed by atoms with E-state index in [0.717, 1.165) is 17.7 Å². The zero-order valence-electron chi connectivity index (χ0n) is 13.3. The van der Waals surface area contributed by atoms with Crippen LogP contribution < -0.4 is 10.1 Å². The van der Waals surface area contributed by atoms with Gasteiger partial charge in [-0.3, -0.25) is 4.98 Å². The molecule has 2 unspecified atom stereocenters. The van der Waals surface area contributed by atoms with Gasteiger partial charge in [-0.05, 0) is 46.1 Å². The summed E-state index contributed by atoms with van der Waals surface area (Å²) in [5.74, 6) is 1.70. The van der Waals surface area contributed by atoms with E-state index < -0.39 is 0 Å². The largest absolute Gasteiger partial charge is 0.496 e. The van der Waals surface area contributed by atoms with E-state index in [1.165, 1.54) is 43.4 Å². The summed E-state index contributed by atoms with van der Waals surface area (Å²) in [5.41, 5.74) is 3.55. The molecule has 1 heterocycles. The molecule has 1 fully saturated rings. The van der Waals surface area contributed by atoms with Crippen molar-refractivity contribution in [3.8, 4) is 5.75 Å². The number of hydrogen-bond donors (Lipinski definition) is 1. The third-order valence-corrected chi connectivity index (χ3v) is 4.74. The Morgan fingerprint density at radius 1 is 1.25 bits per heavy atom. The number of ether oxygens (including phenoxy) is 1. The Morgan fingerprint density at radius 3 is 2.70 bits per heavy atom. The van der Waals surface area contributed by atoms with Crippen molar-refractivity contribution in [2.75, 3.05) is 14.2 Å². The highest BCUT2D eigenvalue weighted by molar-refractivity contribution is 5.41. The van der Waals surface area contributed by atoms with E-state index in [1.54, 1.807) is 7.11 Å². The maximum absolute atomic E-state index is 5.53. The van der Waals surface area contributed by atoms with Crippen LogP contribution in [0.25, 0.3) is 0 Å². The van der Waals surface area contributed by atoms with Crippen molar-refractivity contribution in [3.05, 3.63) is 23.0 Å². The van der Waals surface area contributed by atoms with Crippen LogP contribution in [-0.4, -0.2) is 25.2 Å². The minimum Gasteiger partial charge on any atom is -0.496 e. The maximum atomic E-state index is 5.53. The summed E-state index contributed by atoms with van der Waals surface area (Å²) in [7, 11) is 3.85. The number of pyridine rings is 1. The lowest BCUT2D eigenvalue weighted by Crippen LogP contribution is -2.34. The fraction of sp³-hybridized carbons (Fsp3) is 0.706. The highest BCUT2D eigenvalue weighted by atomic mass is 16.5. The molecule has 1 aliphatic rings. The molecule has 0 radical (unpaired) electrons. The third kappa shape index (κ3) is 3.32. The van der Waals surface area contributed by atoms with Gasteiger partial charge in [0.1, 0.15) is 5.75 Å². The van der Waals surface area contributed by atoms with Crippen LogP contribution >= 0.6 is 0 Å². The van der Waals surface area contributed by atoms with Crippen molar-refractivity contribution >= 4 is 0 Å². The van der Waals surface area contributed by atoms with Crippen molar-refractivity contribution in [1.29, 1.82) is 0 Å². The summed E-state index contributed by atoms with van der Waals surface area (Å²) < 4.78 is 5.53. The predicted octanol–water partition coefficient (Wildman–Crippen LogP) is 3.42. The van der Waals surface area contributed by atoms with Crippen LogP contribution in [0.1, 0.15) is 48.9 Å². The van der Waals surface area contributed by atoms with Crippen LogP contribution in [0.3, 0.4) is 0 Å². The molecule has 1 aromatic heterocycles. The van der Waals surface area contributed by atoms with Crippen molar-refractivity contribution in [3.63, 3.8) is 0 Å². The first-order chi connectivity index (χ1) is 9.67. The molecule has 1 N–H and O–H groups in total. The molecule has 0 spiro atoms. The molecule has 1 aliphatic carbocycles. The first-order valence-corrected chi connectivity index (χ1v) is 7.83. The molecule has 1 saturated carbocycles. The number of methoxy groups -OCH3 is 1. The van der Waals surface area contributed by atoms with Gasteiger partial charge in [-0.15, -0.1) is 0 Å². The first kappa shape index (κ1) is 15.3. The quantitative estimate of drug-likeness (QED) is 0.856. The predicted molar refractivity (Wildman–Crippen MR) is 83.4 cm³/mol. The number of hydrogen-bond acceptors (Lipinski definition) is 3. The van der Waals surface area contributed by atoms with E-state index in [-0.39, 0.29) is 0 Å². The number of aryl methyl sites for hydroxylation is 1. The highest BCUT2D eigenvalue weighted by Crippen LogP contribution is 2.30. The Kier molecular flexibility index (Phi) is 5.41. The van der Waals surface area contributed by atoms with Gasteiger partial charge in [0, 0.05) is 29.1 Å². The summed E-state index contributed by atoms with van der Waals surface area (Å²) in [5, 5.41) is 3.51. The Labute approximate surface area is 123 Å². The smallest absolute Gasteiger partial charge is 0.128 e. The molecule has 20 heavy (non-hydrogen) atoms. The van der Waals surface area contributed by atoms with Gasteiger partial charge in [-0.1, -0.05) is 19.3 Å². The summed E-state index contributed by atoms with van der Waals surface area (Å²) in [6.07, 6.45) is 9.70. The van der Waals surface area contributed by atoms with Crippen molar-refractivity contribution in [2.45, 2.75) is 58.4 Å². The monoisotopic (exact) mass is 276 g/mol. The summed E-state index contributed by atoms with van der Waals surface area (Å²) in [6.45, 7) is 4.20. The molecule has 0 aromatic carbocycles. The van der Waals surface area contributed by atoms with E-state index in [2.05, 4.69) is 31.2 Å². The molecular weight excluding hydrogens is 248 g/mol. The van der Waals surface area contributed by atoms with E-state index in [1.807, 2.05) is 6.20 Å². The molecule has 2 atom stereocenters. The van der Waals surface area contributed by atoms with Crippen LogP contribution in [0.4, 0.5) is 0 Å². The zero-order valence-corrected chi connectivity index (χ0v) is 13.3. The van der Waals surface area contributed by atoms with Gasteiger partial charge in [0.15, 0.2) is 0 Å². The minimum absolute atomic E-state index is 0.631. The van der Waals surface area contributed by atoms with Crippen molar-refractivity contribution < 1.29 is 4.74 Å². The number of nitrogens with one attached hydrogen (secondary N) is 1. The van der Waals surface area contributed by atoms with Gasteiger partial charge in [0.25, 0.3) is 0 Å². The summed E-state index contributed by atoms with van der Waals surface area (Å²) in [4.78, 5) is 4.67. The lowest BCUT2D eigenvalue weighted by molar-refractivity contribution is 0.345. The Hall–Kier alpha value is -1.09. The van der Waals surface area contributed by atoms with Crippen molar-refractivity contribution in [1.82, 2.24) is 10.3 Å². The molecule has 0 aliphatic heterocycles. The molecule has 0 bridgehead atoms. The molecule has 0 saturated heterocycles. The Morgan fingerprint density at radius 2 is 2.00 bits per heavy atom. The second-order valence-electron chi connectivity index (χ2n) is 6.04. The molecule has 0 amide bonds. The maximum Gasteiger partial charge on any atom is 0.128 e. The van der Waals surface area contributed by atoms with Gasteiger partial charge in [-0.2, -0.15) is 0 Å². The molecule has 112 valence electrons. The van der Waals surface area contributed by atoms with E-state index in [9.17, 15) is 0 Å². The van der Waals surface area contributed by atoms with Crippen molar-refractivity contribution in [2.24, 2.45) is 5.92 Å². The second-order valence-corrected chi connectivity index (χ2v) is 6.04. The topological polar surface area (TPSA) is 34.2 Å². The van der Waals surface area contributed by atoms with Gasteiger partial charge in [-0.25, -0.2) is 0 Å². The average Bonchev–Trinajstić information content (AvgIpc) is 2.67. The Bertz CT molecular complexity index is 445. The number of rotatable bonds is 4. The fourth-order valence-corrected chi connectivity index (χ4v) is 3.53. The van der Waals surface area contributed by atoms with E-state index in [0.29, 0.717) is 12.0 Å². The molecule has 2 rings (SSSR count). The molecule has 3 nitrogen and oxygen atoms in total. The number of aromatic nitrogens is 1. The molecule has 1 aromatic rings. The fourth-order valence-electron chi connectivity index (χ4n) is 3.53. The molecular formula is C17H28N2O. The van der Waals surface area contributed by atoms with Gasteiger partial charge < -0.3 is 10.1 Å². The van der Waals surface area contributed by atoms with E-state index in [4.69, 9.17) is 4.74 Å². The van der Waals surface area contributed by atoms with Gasteiger partial charge in [0.05, 0.1) is 7.11 Å². The van der Waals surface area contributed by atoms with Crippen LogP contribution in [0.2, 0.25) is 0 Å². The molecule has 3 heteroatoms. The standard InChI is InChI=1S/C17H28N2O/c1-12-11-19-16(13(2)17(12)20-4)10-14-8-6-5-7-9-15(14)18-3/h11,14-15,18H,5-10H2,1-4H3. The van der Waals surface area contributed by atoms with Gasteiger partial charge in [0.2, 0.25) is 0 Å². The summed E-state index contributed by atoms with van der Waals surface area (Å²) >= 11 is 0. The van der Waals surface area contributed by atoms with Crippen LogP contribution in [0.5, 0.6) is 5.75 Å². The first-order valence-electron chi connectivity index (χ1n) is 7.83. The number of nitrogens with zero attached hydrogens (tertiary/aromatic N) is 1. The zero-order chi connectivity index (χ0) is 14.5. The minimum atomic E-state index is 0.631. The average molecular weight is 276 g/mol. The summed E-state index contributed by atoms with van der Waals surface area (Å²) in [6, 6.07) is 0.631. The highest BCUT2D eigenvalue weighted by Gasteiger charge is 2.24. The van der Waals surface area contributed by atoms with E-state index >= 15 is 0 Å². The normalized spacial score (nSPS) is 23.4. The van der Waals surface area contributed by atoms with Gasteiger partial charge >= 0.3 is 0 Å². The second kappa shape index (κ2) is 7.07. The Balaban J connectivity index is 2.19. The SMILES string of the molecule is CNC1CCCCCC1Cc1ncc(C)c(OC)c1C. The van der Waals surface area contributed by atoms with Crippen LogP contribution in [-0.2, 0) is 6.42 Å². The van der Waals surface area contributed by atoms with Crippen LogP contribution in [0.15, 0.2) is 6.20 Å².